The summed E-state index contributed by atoms with van der Waals surface area (Å²) in [6, 6.07) is 0. The van der Waals surface area contributed by atoms with E-state index in [2.05, 4.69) is 31.2 Å². The van der Waals surface area contributed by atoms with Crippen LogP contribution in [0.4, 0.5) is 5.95 Å². The van der Waals surface area contributed by atoms with Crippen LogP contribution in [-0.4, -0.2) is 23.1 Å². The number of halogens is 1. The van der Waals surface area contributed by atoms with Crippen LogP contribution in [0.15, 0.2) is 16.9 Å². The average Bonchev–Trinajstić information content (AvgIpc) is 2.78. The average molecular weight is 285 g/mol. The van der Waals surface area contributed by atoms with Crippen molar-refractivity contribution in [3.8, 4) is 0 Å². The number of nitrogens with two attached hydrogens (primary N) is 1. The second-order valence-electron chi connectivity index (χ2n) is 4.49. The lowest BCUT2D eigenvalue weighted by atomic mass is 9.86. The molecule has 3 N–H and O–H groups in total. The van der Waals surface area contributed by atoms with Gasteiger partial charge in [0.2, 0.25) is 5.95 Å². The van der Waals surface area contributed by atoms with E-state index >= 15 is 0 Å². The first-order valence-corrected chi connectivity index (χ1v) is 6.45. The van der Waals surface area contributed by atoms with E-state index in [1.54, 1.807) is 12.4 Å². The quantitative estimate of drug-likeness (QED) is 0.890. The van der Waals surface area contributed by atoms with Crippen LogP contribution in [0.25, 0.3) is 0 Å². The van der Waals surface area contributed by atoms with Gasteiger partial charge in [0.25, 0.3) is 0 Å². The van der Waals surface area contributed by atoms with Crippen LogP contribution >= 0.6 is 15.9 Å². The zero-order valence-corrected chi connectivity index (χ0v) is 10.8. The zero-order chi connectivity index (χ0) is 11.4. The summed E-state index contributed by atoms with van der Waals surface area (Å²) in [6.07, 6.45) is 8.51. The Hall–Kier alpha value is -0.680. The molecule has 0 saturated heterocycles. The molecule has 0 radical (unpaired) electrons. The van der Waals surface area contributed by atoms with Crippen LogP contribution in [-0.2, 0) is 0 Å². The third-order valence-electron chi connectivity index (χ3n) is 3.34. The molecule has 16 heavy (non-hydrogen) atoms. The van der Waals surface area contributed by atoms with Gasteiger partial charge in [0.15, 0.2) is 0 Å². The molecular formula is C11H17BrN4. The zero-order valence-electron chi connectivity index (χ0n) is 9.25. The van der Waals surface area contributed by atoms with E-state index in [-0.39, 0.29) is 5.41 Å². The number of nitrogens with one attached hydrogen (secondary N) is 1. The van der Waals surface area contributed by atoms with E-state index in [0.717, 1.165) is 17.6 Å². The minimum atomic E-state index is 0.260. The molecule has 1 aromatic rings. The highest BCUT2D eigenvalue weighted by atomic mass is 79.9. The standard InChI is InChI=1S/C11H17BrN4/c12-9-5-14-10(15-6-9)16-8-11(7-13)3-1-2-4-11/h5-6H,1-4,7-8,13H2,(H,14,15,16). The molecule has 2 rings (SSSR count). The van der Waals surface area contributed by atoms with Gasteiger partial charge in [-0.2, -0.15) is 0 Å². The van der Waals surface area contributed by atoms with Crippen molar-refractivity contribution in [1.82, 2.24) is 9.97 Å². The summed E-state index contributed by atoms with van der Waals surface area (Å²) < 4.78 is 0.896. The van der Waals surface area contributed by atoms with Gasteiger partial charge in [-0.15, -0.1) is 0 Å². The lowest BCUT2D eigenvalue weighted by molar-refractivity contribution is 0.331. The highest BCUT2D eigenvalue weighted by Crippen LogP contribution is 2.36. The first-order valence-electron chi connectivity index (χ1n) is 5.66. The summed E-state index contributed by atoms with van der Waals surface area (Å²) >= 11 is 3.31. The fourth-order valence-electron chi connectivity index (χ4n) is 2.25. The third kappa shape index (κ3) is 2.71. The van der Waals surface area contributed by atoms with Crippen molar-refractivity contribution in [3.63, 3.8) is 0 Å². The van der Waals surface area contributed by atoms with Crippen molar-refractivity contribution in [3.05, 3.63) is 16.9 Å². The number of rotatable bonds is 4. The Morgan fingerprint density at radius 3 is 2.50 bits per heavy atom. The van der Waals surface area contributed by atoms with Crippen molar-refractivity contribution in [2.45, 2.75) is 25.7 Å². The summed E-state index contributed by atoms with van der Waals surface area (Å²) in [5, 5.41) is 3.28. The summed E-state index contributed by atoms with van der Waals surface area (Å²) in [6.45, 7) is 1.63. The Labute approximate surface area is 104 Å². The summed E-state index contributed by atoms with van der Waals surface area (Å²) in [5.74, 6) is 0.683. The fraction of sp³-hybridized carbons (Fsp3) is 0.636. The first kappa shape index (κ1) is 11.8. The van der Waals surface area contributed by atoms with Gasteiger partial charge in [0, 0.05) is 18.9 Å². The Morgan fingerprint density at radius 1 is 1.31 bits per heavy atom. The maximum absolute atomic E-state index is 5.87. The molecule has 0 aliphatic heterocycles. The number of hydrogen-bond donors (Lipinski definition) is 2. The molecule has 5 heteroatoms. The molecule has 88 valence electrons. The van der Waals surface area contributed by atoms with Crippen molar-refractivity contribution in [2.24, 2.45) is 11.1 Å². The first-order chi connectivity index (χ1) is 7.74. The summed E-state index contributed by atoms with van der Waals surface area (Å²) in [5.41, 5.74) is 6.13. The Morgan fingerprint density at radius 2 is 1.94 bits per heavy atom. The molecule has 1 heterocycles. The van der Waals surface area contributed by atoms with Gasteiger partial charge in [-0.3, -0.25) is 0 Å². The van der Waals surface area contributed by atoms with Gasteiger partial charge in [-0.25, -0.2) is 9.97 Å². The van der Waals surface area contributed by atoms with Crippen LogP contribution in [0, 0.1) is 5.41 Å². The van der Waals surface area contributed by atoms with Gasteiger partial charge < -0.3 is 11.1 Å². The molecule has 0 atom stereocenters. The Kier molecular flexibility index (Phi) is 3.76. The van der Waals surface area contributed by atoms with Gasteiger partial charge >= 0.3 is 0 Å². The van der Waals surface area contributed by atoms with Crippen LogP contribution < -0.4 is 11.1 Å². The maximum Gasteiger partial charge on any atom is 0.222 e. The third-order valence-corrected chi connectivity index (χ3v) is 3.75. The summed E-state index contributed by atoms with van der Waals surface area (Å²) in [4.78, 5) is 8.39. The minimum absolute atomic E-state index is 0.260. The van der Waals surface area contributed by atoms with Crippen LogP contribution in [0.2, 0.25) is 0 Å². The topological polar surface area (TPSA) is 63.8 Å². The van der Waals surface area contributed by atoms with Gasteiger partial charge in [-0.05, 0) is 40.7 Å². The van der Waals surface area contributed by atoms with E-state index in [9.17, 15) is 0 Å². The van der Waals surface area contributed by atoms with E-state index in [4.69, 9.17) is 5.73 Å². The lowest BCUT2D eigenvalue weighted by Crippen LogP contribution is -2.35. The second-order valence-corrected chi connectivity index (χ2v) is 5.41. The maximum atomic E-state index is 5.87. The normalized spacial score (nSPS) is 18.6. The predicted molar refractivity (Wildman–Crippen MR) is 68.2 cm³/mol. The highest BCUT2D eigenvalue weighted by Gasteiger charge is 2.32. The van der Waals surface area contributed by atoms with E-state index < -0.39 is 0 Å². The molecule has 1 aliphatic carbocycles. The van der Waals surface area contributed by atoms with Crippen molar-refractivity contribution in [2.75, 3.05) is 18.4 Å². The van der Waals surface area contributed by atoms with Crippen molar-refractivity contribution in [1.29, 1.82) is 0 Å². The van der Waals surface area contributed by atoms with E-state index in [1.165, 1.54) is 25.7 Å². The molecule has 1 aliphatic rings. The van der Waals surface area contributed by atoms with Crippen LogP contribution in [0.3, 0.4) is 0 Å². The van der Waals surface area contributed by atoms with Crippen molar-refractivity contribution < 1.29 is 0 Å². The molecule has 0 unspecified atom stereocenters. The molecule has 0 spiro atoms. The number of hydrogen-bond acceptors (Lipinski definition) is 4. The van der Waals surface area contributed by atoms with E-state index in [0.29, 0.717) is 5.95 Å². The summed E-state index contributed by atoms with van der Waals surface area (Å²) in [7, 11) is 0. The van der Waals surface area contributed by atoms with Gasteiger partial charge in [0.1, 0.15) is 0 Å². The Bertz CT molecular complexity index is 332. The smallest absolute Gasteiger partial charge is 0.222 e. The van der Waals surface area contributed by atoms with Crippen molar-refractivity contribution >= 4 is 21.9 Å². The van der Waals surface area contributed by atoms with Crippen LogP contribution in [0.1, 0.15) is 25.7 Å². The molecule has 4 nitrogen and oxygen atoms in total. The molecule has 0 aromatic carbocycles. The highest BCUT2D eigenvalue weighted by molar-refractivity contribution is 9.10. The van der Waals surface area contributed by atoms with Gasteiger partial charge in [-0.1, -0.05) is 12.8 Å². The SMILES string of the molecule is NCC1(CNc2ncc(Br)cn2)CCCC1. The molecule has 0 bridgehead atoms. The fourth-order valence-corrected chi connectivity index (χ4v) is 2.45. The largest absolute Gasteiger partial charge is 0.354 e. The number of nitrogens with zero attached hydrogens (tertiary/aromatic N) is 2. The van der Waals surface area contributed by atoms with E-state index in [1.807, 2.05) is 0 Å². The monoisotopic (exact) mass is 284 g/mol. The molecule has 1 saturated carbocycles. The minimum Gasteiger partial charge on any atom is -0.354 e. The molecule has 1 fully saturated rings. The van der Waals surface area contributed by atoms with Crippen LogP contribution in [0.5, 0.6) is 0 Å². The second kappa shape index (κ2) is 5.10. The van der Waals surface area contributed by atoms with Gasteiger partial charge in [0.05, 0.1) is 4.47 Å². The molecular weight excluding hydrogens is 268 g/mol. The number of anilines is 1. The molecule has 1 aromatic heterocycles. The predicted octanol–water partition coefficient (Wildman–Crippen LogP) is 2.17. The number of aromatic nitrogens is 2. The Balaban J connectivity index is 1.93. The molecule has 0 amide bonds. The lowest BCUT2D eigenvalue weighted by Gasteiger charge is -2.27.